The zero-order valence-electron chi connectivity index (χ0n) is 8.35. The molecule has 0 fully saturated rings. The number of nitrogens with two attached hydrogens (primary N) is 1. The van der Waals surface area contributed by atoms with Crippen molar-refractivity contribution < 1.29 is 5.11 Å². The van der Waals surface area contributed by atoms with Crippen molar-refractivity contribution in [1.29, 1.82) is 0 Å². The first-order chi connectivity index (χ1) is 6.77. The van der Waals surface area contributed by atoms with E-state index in [1.165, 1.54) is 0 Å². The van der Waals surface area contributed by atoms with Gasteiger partial charge >= 0.3 is 0 Å². The molecular weight excluding hydrogens is 180 g/mol. The molecule has 5 heteroatoms. The van der Waals surface area contributed by atoms with E-state index in [2.05, 4.69) is 9.97 Å². The summed E-state index contributed by atoms with van der Waals surface area (Å²) in [6.07, 6.45) is 2.35. The fourth-order valence-electron chi connectivity index (χ4n) is 1.18. The third-order valence-electron chi connectivity index (χ3n) is 1.92. The Morgan fingerprint density at radius 2 is 2.36 bits per heavy atom. The quantitative estimate of drug-likeness (QED) is 0.707. The Bertz CT molecular complexity index is 279. The molecule has 0 aliphatic rings. The predicted octanol–water partition coefficient (Wildman–Crippen LogP) is 0.268. The Morgan fingerprint density at radius 1 is 1.57 bits per heavy atom. The van der Waals surface area contributed by atoms with E-state index in [-0.39, 0.29) is 6.61 Å². The number of aliphatic hydroxyl groups excluding tert-OH is 1. The van der Waals surface area contributed by atoms with Gasteiger partial charge < -0.3 is 15.7 Å². The number of aromatic nitrogens is 2. The van der Waals surface area contributed by atoms with Gasteiger partial charge in [-0.15, -0.1) is 0 Å². The lowest BCUT2D eigenvalue weighted by Crippen LogP contribution is -2.26. The fourth-order valence-corrected chi connectivity index (χ4v) is 1.18. The van der Waals surface area contributed by atoms with E-state index in [4.69, 9.17) is 10.8 Å². The summed E-state index contributed by atoms with van der Waals surface area (Å²) in [5.41, 5.74) is 5.55. The number of hydrogen-bond acceptors (Lipinski definition) is 5. The summed E-state index contributed by atoms with van der Waals surface area (Å²) < 4.78 is 0. The largest absolute Gasteiger partial charge is 0.396 e. The van der Waals surface area contributed by atoms with E-state index < -0.39 is 0 Å². The molecule has 3 N–H and O–H groups in total. The highest BCUT2D eigenvalue weighted by atomic mass is 16.3. The van der Waals surface area contributed by atoms with Crippen molar-refractivity contribution in [3.8, 4) is 0 Å². The van der Waals surface area contributed by atoms with E-state index in [0.717, 1.165) is 13.1 Å². The Kier molecular flexibility index (Phi) is 4.12. The van der Waals surface area contributed by atoms with Gasteiger partial charge in [-0.05, 0) is 19.4 Å². The molecule has 0 aliphatic carbocycles. The zero-order chi connectivity index (χ0) is 10.4. The van der Waals surface area contributed by atoms with Crippen molar-refractivity contribution in [3.63, 3.8) is 0 Å². The van der Waals surface area contributed by atoms with Crippen LogP contribution in [0.4, 0.5) is 11.8 Å². The molecule has 0 atom stereocenters. The first kappa shape index (κ1) is 10.7. The molecule has 1 aromatic heterocycles. The first-order valence-electron chi connectivity index (χ1n) is 4.72. The monoisotopic (exact) mass is 196 g/mol. The van der Waals surface area contributed by atoms with Gasteiger partial charge in [0.1, 0.15) is 5.82 Å². The normalized spacial score (nSPS) is 10.1. The molecule has 0 saturated carbocycles. The molecule has 0 saturated heterocycles. The maximum atomic E-state index is 8.72. The molecule has 0 aliphatic heterocycles. The minimum Gasteiger partial charge on any atom is -0.396 e. The van der Waals surface area contributed by atoms with Gasteiger partial charge in [0.15, 0.2) is 0 Å². The highest BCUT2D eigenvalue weighted by Gasteiger charge is 2.06. The van der Waals surface area contributed by atoms with Crippen molar-refractivity contribution >= 4 is 11.8 Å². The van der Waals surface area contributed by atoms with Crippen molar-refractivity contribution in [2.24, 2.45) is 0 Å². The van der Waals surface area contributed by atoms with Crippen LogP contribution < -0.4 is 10.6 Å². The van der Waals surface area contributed by atoms with Crippen LogP contribution >= 0.6 is 0 Å². The number of aliphatic hydroxyl groups is 1. The van der Waals surface area contributed by atoms with Gasteiger partial charge in [0.25, 0.3) is 0 Å². The SMILES string of the molecule is CCN(CCCO)c1nccc(N)n1. The highest BCUT2D eigenvalue weighted by Crippen LogP contribution is 2.08. The molecule has 1 rings (SSSR count). The summed E-state index contributed by atoms with van der Waals surface area (Å²) in [5.74, 6) is 1.10. The molecule has 0 spiro atoms. The third-order valence-corrected chi connectivity index (χ3v) is 1.92. The molecule has 0 amide bonds. The van der Waals surface area contributed by atoms with Crippen LogP contribution in [0.5, 0.6) is 0 Å². The van der Waals surface area contributed by atoms with Crippen molar-refractivity contribution in [1.82, 2.24) is 9.97 Å². The van der Waals surface area contributed by atoms with E-state index >= 15 is 0 Å². The Balaban J connectivity index is 2.68. The predicted molar refractivity (Wildman–Crippen MR) is 56.0 cm³/mol. The summed E-state index contributed by atoms with van der Waals surface area (Å²) in [6.45, 7) is 3.75. The van der Waals surface area contributed by atoms with Gasteiger partial charge in [0, 0.05) is 25.9 Å². The van der Waals surface area contributed by atoms with Crippen LogP contribution in [-0.4, -0.2) is 34.8 Å². The minimum absolute atomic E-state index is 0.179. The minimum atomic E-state index is 0.179. The molecule has 0 radical (unpaired) electrons. The lowest BCUT2D eigenvalue weighted by molar-refractivity contribution is 0.289. The molecule has 5 nitrogen and oxygen atoms in total. The maximum absolute atomic E-state index is 8.72. The smallest absolute Gasteiger partial charge is 0.227 e. The first-order valence-corrected chi connectivity index (χ1v) is 4.72. The molecule has 0 bridgehead atoms. The summed E-state index contributed by atoms with van der Waals surface area (Å²) in [6, 6.07) is 1.66. The second-order valence-electron chi connectivity index (χ2n) is 2.94. The van der Waals surface area contributed by atoms with Crippen LogP contribution in [0.2, 0.25) is 0 Å². The summed E-state index contributed by atoms with van der Waals surface area (Å²) in [7, 11) is 0. The zero-order valence-corrected chi connectivity index (χ0v) is 8.35. The standard InChI is InChI=1S/C9H16N4O/c1-2-13(6-3-7-14)9-11-5-4-8(10)12-9/h4-5,14H,2-3,6-7H2,1H3,(H2,10,11,12). The number of anilines is 2. The number of nitrogens with zero attached hydrogens (tertiary/aromatic N) is 3. The van der Waals surface area contributed by atoms with Gasteiger partial charge in [-0.1, -0.05) is 0 Å². The molecule has 0 unspecified atom stereocenters. The molecule has 14 heavy (non-hydrogen) atoms. The van der Waals surface area contributed by atoms with Crippen LogP contribution in [0, 0.1) is 0 Å². The van der Waals surface area contributed by atoms with E-state index in [1.54, 1.807) is 12.3 Å². The Labute approximate surface area is 83.6 Å². The topological polar surface area (TPSA) is 75.3 Å². The lowest BCUT2D eigenvalue weighted by Gasteiger charge is -2.19. The summed E-state index contributed by atoms with van der Waals surface area (Å²) >= 11 is 0. The van der Waals surface area contributed by atoms with Crippen LogP contribution in [0.25, 0.3) is 0 Å². The second-order valence-corrected chi connectivity index (χ2v) is 2.94. The van der Waals surface area contributed by atoms with E-state index in [1.807, 2.05) is 11.8 Å². The average Bonchev–Trinajstić information content (AvgIpc) is 2.19. The van der Waals surface area contributed by atoms with Crippen LogP contribution in [0.1, 0.15) is 13.3 Å². The van der Waals surface area contributed by atoms with Crippen molar-refractivity contribution in [3.05, 3.63) is 12.3 Å². The van der Waals surface area contributed by atoms with Gasteiger partial charge in [-0.25, -0.2) is 4.98 Å². The summed E-state index contributed by atoms with van der Waals surface area (Å²) in [5, 5.41) is 8.72. The molecule has 1 heterocycles. The third kappa shape index (κ3) is 2.85. The van der Waals surface area contributed by atoms with Crippen molar-refractivity contribution in [2.45, 2.75) is 13.3 Å². The number of hydrogen-bond donors (Lipinski definition) is 2. The summed E-state index contributed by atoms with van der Waals surface area (Å²) in [4.78, 5) is 10.2. The van der Waals surface area contributed by atoms with E-state index in [0.29, 0.717) is 18.2 Å². The molecule has 0 aromatic carbocycles. The van der Waals surface area contributed by atoms with Gasteiger partial charge in [0.05, 0.1) is 0 Å². The van der Waals surface area contributed by atoms with Crippen LogP contribution in [0.15, 0.2) is 12.3 Å². The average molecular weight is 196 g/mol. The fraction of sp³-hybridized carbons (Fsp3) is 0.556. The van der Waals surface area contributed by atoms with Crippen LogP contribution in [0.3, 0.4) is 0 Å². The van der Waals surface area contributed by atoms with Gasteiger partial charge in [-0.3, -0.25) is 0 Å². The molecule has 1 aromatic rings. The highest BCUT2D eigenvalue weighted by molar-refractivity contribution is 5.37. The second kappa shape index (κ2) is 5.39. The van der Waals surface area contributed by atoms with Gasteiger partial charge in [0.2, 0.25) is 5.95 Å². The van der Waals surface area contributed by atoms with E-state index in [9.17, 15) is 0 Å². The number of nitrogen functional groups attached to an aromatic ring is 1. The van der Waals surface area contributed by atoms with Gasteiger partial charge in [-0.2, -0.15) is 4.98 Å². The number of rotatable bonds is 5. The van der Waals surface area contributed by atoms with Crippen molar-refractivity contribution in [2.75, 3.05) is 30.3 Å². The Morgan fingerprint density at radius 3 is 2.93 bits per heavy atom. The maximum Gasteiger partial charge on any atom is 0.227 e. The Hall–Kier alpha value is -1.36. The molecular formula is C9H16N4O. The molecule has 78 valence electrons. The lowest BCUT2D eigenvalue weighted by atomic mass is 10.4. The van der Waals surface area contributed by atoms with Crippen LogP contribution in [-0.2, 0) is 0 Å².